The van der Waals surface area contributed by atoms with Crippen LogP contribution >= 0.6 is 0 Å². The molecule has 2 amide bonds. The van der Waals surface area contributed by atoms with E-state index in [0.717, 1.165) is 38.6 Å². The van der Waals surface area contributed by atoms with E-state index in [1.807, 2.05) is 4.90 Å². The number of carbonyl (C=O) groups is 2. The van der Waals surface area contributed by atoms with Crippen LogP contribution in [0.25, 0.3) is 5.57 Å². The molecule has 1 aliphatic carbocycles. The SMILES string of the molecule is CCCc1ccc(C2=CCN(C(=O)C3NCC4(CC4)CC3C(=O)NO)CC2)cc1. The molecule has 6 nitrogen and oxygen atoms in total. The predicted octanol–water partition coefficient (Wildman–Crippen LogP) is 2.52. The number of hydrogen-bond acceptors (Lipinski definition) is 4. The number of nitrogens with zero attached hydrogens (tertiary/aromatic N) is 1. The summed E-state index contributed by atoms with van der Waals surface area (Å²) in [5.74, 6) is -1.01. The molecule has 1 spiro atoms. The van der Waals surface area contributed by atoms with Gasteiger partial charge in [-0.05, 0) is 54.2 Å². The van der Waals surface area contributed by atoms with Gasteiger partial charge in [0, 0.05) is 19.6 Å². The lowest BCUT2D eigenvalue weighted by Gasteiger charge is -2.38. The van der Waals surface area contributed by atoms with Crippen molar-refractivity contribution in [2.75, 3.05) is 19.6 Å². The van der Waals surface area contributed by atoms with Crippen LogP contribution in [0.4, 0.5) is 0 Å². The summed E-state index contributed by atoms with van der Waals surface area (Å²) >= 11 is 0. The molecule has 1 aromatic carbocycles. The maximum atomic E-state index is 13.1. The summed E-state index contributed by atoms with van der Waals surface area (Å²) in [6.45, 7) is 4.17. The topological polar surface area (TPSA) is 81.7 Å². The molecule has 2 aliphatic heterocycles. The van der Waals surface area contributed by atoms with Gasteiger partial charge in [0.25, 0.3) is 0 Å². The summed E-state index contributed by atoms with van der Waals surface area (Å²) in [6.07, 6.45) is 8.02. The van der Waals surface area contributed by atoms with Crippen molar-refractivity contribution >= 4 is 17.4 Å². The van der Waals surface area contributed by atoms with E-state index in [1.54, 1.807) is 5.48 Å². The maximum absolute atomic E-state index is 13.1. The smallest absolute Gasteiger partial charge is 0.248 e. The van der Waals surface area contributed by atoms with Gasteiger partial charge in [0.1, 0.15) is 0 Å². The predicted molar refractivity (Wildman–Crippen MR) is 111 cm³/mol. The fourth-order valence-electron chi connectivity index (χ4n) is 4.77. The van der Waals surface area contributed by atoms with E-state index in [1.165, 1.54) is 16.7 Å². The number of hydrogen-bond donors (Lipinski definition) is 3. The molecule has 3 aliphatic rings. The average molecular weight is 398 g/mol. The minimum atomic E-state index is -0.559. The Bertz CT molecular complexity index is 798. The molecule has 6 heteroatoms. The summed E-state index contributed by atoms with van der Waals surface area (Å²) < 4.78 is 0. The molecule has 0 aromatic heterocycles. The van der Waals surface area contributed by atoms with Crippen molar-refractivity contribution in [3.05, 3.63) is 41.5 Å². The summed E-state index contributed by atoms with van der Waals surface area (Å²) in [5, 5.41) is 12.5. The summed E-state index contributed by atoms with van der Waals surface area (Å²) in [6, 6.07) is 8.17. The largest absolute Gasteiger partial charge is 0.337 e. The van der Waals surface area contributed by atoms with Crippen molar-refractivity contribution < 1.29 is 14.8 Å². The van der Waals surface area contributed by atoms with Crippen LogP contribution in [-0.4, -0.2) is 47.6 Å². The lowest BCUT2D eigenvalue weighted by atomic mass is 9.81. The van der Waals surface area contributed by atoms with Crippen LogP contribution in [-0.2, 0) is 16.0 Å². The zero-order valence-electron chi connectivity index (χ0n) is 17.1. The summed E-state index contributed by atoms with van der Waals surface area (Å²) in [7, 11) is 0. The van der Waals surface area contributed by atoms with Gasteiger partial charge in [-0.2, -0.15) is 0 Å². The van der Waals surface area contributed by atoms with E-state index in [9.17, 15) is 9.59 Å². The summed E-state index contributed by atoms with van der Waals surface area (Å²) in [4.78, 5) is 27.2. The van der Waals surface area contributed by atoms with Crippen molar-refractivity contribution in [1.29, 1.82) is 0 Å². The molecule has 2 fully saturated rings. The fourth-order valence-corrected chi connectivity index (χ4v) is 4.77. The molecule has 3 N–H and O–H groups in total. The van der Waals surface area contributed by atoms with Gasteiger partial charge in [0.15, 0.2) is 0 Å². The molecule has 2 unspecified atom stereocenters. The first-order valence-electron chi connectivity index (χ1n) is 10.8. The Kier molecular flexibility index (Phi) is 5.74. The van der Waals surface area contributed by atoms with Gasteiger partial charge in [-0.25, -0.2) is 5.48 Å². The molecular weight excluding hydrogens is 366 g/mol. The Labute approximate surface area is 172 Å². The number of hydroxylamine groups is 1. The number of aryl methyl sites for hydroxylation is 1. The van der Waals surface area contributed by atoms with E-state index >= 15 is 0 Å². The second-order valence-electron chi connectivity index (χ2n) is 8.86. The van der Waals surface area contributed by atoms with Gasteiger partial charge in [0.2, 0.25) is 11.8 Å². The first-order chi connectivity index (χ1) is 14.0. The van der Waals surface area contributed by atoms with Gasteiger partial charge in [0.05, 0.1) is 12.0 Å². The Morgan fingerprint density at radius 1 is 1.28 bits per heavy atom. The number of amides is 2. The quantitative estimate of drug-likeness (QED) is 0.527. The average Bonchev–Trinajstić information content (AvgIpc) is 3.52. The molecule has 0 bridgehead atoms. The highest BCUT2D eigenvalue weighted by atomic mass is 16.5. The second-order valence-corrected chi connectivity index (χ2v) is 8.86. The van der Waals surface area contributed by atoms with Crippen LogP contribution in [0, 0.1) is 11.3 Å². The second kappa shape index (κ2) is 8.28. The highest BCUT2D eigenvalue weighted by Crippen LogP contribution is 2.52. The number of benzene rings is 1. The first kappa shape index (κ1) is 20.1. The van der Waals surface area contributed by atoms with E-state index in [4.69, 9.17) is 5.21 Å². The van der Waals surface area contributed by atoms with Crippen LogP contribution in [0.3, 0.4) is 0 Å². The lowest BCUT2D eigenvalue weighted by Crippen LogP contribution is -2.59. The minimum absolute atomic E-state index is 0.0392. The Balaban J connectivity index is 1.41. The van der Waals surface area contributed by atoms with Crippen molar-refractivity contribution in [2.45, 2.75) is 51.5 Å². The fraction of sp³-hybridized carbons (Fsp3) is 0.565. The maximum Gasteiger partial charge on any atom is 0.248 e. The zero-order valence-corrected chi connectivity index (χ0v) is 17.1. The molecular formula is C23H31N3O3. The van der Waals surface area contributed by atoms with Gasteiger partial charge in [-0.1, -0.05) is 43.7 Å². The highest BCUT2D eigenvalue weighted by Gasteiger charge is 2.52. The standard InChI is InChI=1S/C23H31N3O3/c1-2-3-16-4-6-17(7-5-16)18-8-12-26(13-9-18)22(28)20-19(21(27)25-29)14-23(10-11-23)15-24-20/h4-8,19-20,24,29H,2-3,9-15H2,1H3,(H,25,27). The van der Waals surface area contributed by atoms with E-state index < -0.39 is 17.9 Å². The molecule has 1 saturated heterocycles. The Hall–Kier alpha value is -2.18. The molecule has 4 rings (SSSR count). The number of piperidine rings is 1. The molecule has 156 valence electrons. The van der Waals surface area contributed by atoms with Gasteiger partial charge in [-0.15, -0.1) is 0 Å². The van der Waals surface area contributed by atoms with Crippen molar-refractivity contribution in [3.8, 4) is 0 Å². The molecule has 0 radical (unpaired) electrons. The Morgan fingerprint density at radius 2 is 2.03 bits per heavy atom. The van der Waals surface area contributed by atoms with Crippen LogP contribution < -0.4 is 10.8 Å². The molecule has 1 aromatic rings. The number of nitrogens with one attached hydrogen (secondary N) is 2. The molecule has 2 heterocycles. The van der Waals surface area contributed by atoms with Gasteiger partial charge < -0.3 is 10.2 Å². The third-order valence-electron chi connectivity index (χ3n) is 6.81. The van der Waals surface area contributed by atoms with Crippen molar-refractivity contribution in [2.24, 2.45) is 11.3 Å². The van der Waals surface area contributed by atoms with Crippen molar-refractivity contribution in [1.82, 2.24) is 15.7 Å². The van der Waals surface area contributed by atoms with Gasteiger partial charge >= 0.3 is 0 Å². The van der Waals surface area contributed by atoms with Crippen LogP contribution in [0.1, 0.15) is 50.2 Å². The number of rotatable bonds is 5. The van der Waals surface area contributed by atoms with E-state index in [0.29, 0.717) is 19.5 Å². The van der Waals surface area contributed by atoms with E-state index in [2.05, 4.69) is 42.6 Å². The highest BCUT2D eigenvalue weighted by molar-refractivity contribution is 5.90. The molecule has 1 saturated carbocycles. The number of carbonyl (C=O) groups excluding carboxylic acids is 2. The van der Waals surface area contributed by atoms with Crippen LogP contribution in [0.5, 0.6) is 0 Å². The van der Waals surface area contributed by atoms with Crippen LogP contribution in [0.2, 0.25) is 0 Å². The third-order valence-corrected chi connectivity index (χ3v) is 6.81. The molecule has 29 heavy (non-hydrogen) atoms. The summed E-state index contributed by atoms with van der Waals surface area (Å²) in [5.41, 5.74) is 5.77. The normalized spacial score (nSPS) is 25.4. The molecule has 2 atom stereocenters. The first-order valence-corrected chi connectivity index (χ1v) is 10.8. The zero-order chi connectivity index (χ0) is 20.4. The van der Waals surface area contributed by atoms with Crippen molar-refractivity contribution in [3.63, 3.8) is 0 Å². The Morgan fingerprint density at radius 3 is 2.62 bits per heavy atom. The lowest BCUT2D eigenvalue weighted by molar-refractivity contribution is -0.144. The third kappa shape index (κ3) is 4.23. The van der Waals surface area contributed by atoms with Gasteiger partial charge in [-0.3, -0.25) is 14.8 Å². The minimum Gasteiger partial charge on any atom is -0.337 e. The van der Waals surface area contributed by atoms with E-state index in [-0.39, 0.29) is 11.3 Å². The monoisotopic (exact) mass is 397 g/mol. The van der Waals surface area contributed by atoms with Crippen LogP contribution in [0.15, 0.2) is 30.3 Å².